The number of rotatable bonds is 4. The van der Waals surface area contributed by atoms with Gasteiger partial charge in [-0.15, -0.1) is 0 Å². The van der Waals surface area contributed by atoms with Crippen molar-refractivity contribution in [3.8, 4) is 0 Å². The first-order chi connectivity index (χ1) is 9.72. The van der Waals surface area contributed by atoms with Gasteiger partial charge in [-0.3, -0.25) is 0 Å². The van der Waals surface area contributed by atoms with Crippen LogP contribution in [0.2, 0.25) is 0 Å². The zero-order chi connectivity index (χ0) is 14.1. The van der Waals surface area contributed by atoms with Crippen molar-refractivity contribution in [1.82, 2.24) is 9.55 Å². The van der Waals surface area contributed by atoms with Crippen molar-refractivity contribution in [2.45, 2.75) is 58.5 Å². The molecule has 1 aromatic rings. The van der Waals surface area contributed by atoms with Gasteiger partial charge < -0.3 is 15.2 Å². The van der Waals surface area contributed by atoms with E-state index in [1.807, 2.05) is 0 Å². The van der Waals surface area contributed by atoms with Crippen LogP contribution in [0.1, 0.15) is 45.2 Å². The van der Waals surface area contributed by atoms with Gasteiger partial charge in [0.15, 0.2) is 0 Å². The van der Waals surface area contributed by atoms with Crippen molar-refractivity contribution in [2.24, 2.45) is 17.6 Å². The number of aryl methyl sites for hydroxylation is 2. The molecule has 2 N–H and O–H groups in total. The summed E-state index contributed by atoms with van der Waals surface area (Å²) in [6, 6.07) is 0.402. The summed E-state index contributed by atoms with van der Waals surface area (Å²) in [7, 11) is 0. The smallest absolute Gasteiger partial charge is 0.205 e. The topological polar surface area (TPSA) is 47.1 Å². The van der Waals surface area contributed by atoms with Crippen LogP contribution < -0.4 is 10.6 Å². The molecule has 1 saturated heterocycles. The Bertz CT molecular complexity index is 453. The van der Waals surface area contributed by atoms with E-state index >= 15 is 0 Å². The largest absolute Gasteiger partial charge is 0.342 e. The lowest BCUT2D eigenvalue weighted by Crippen LogP contribution is -2.38. The van der Waals surface area contributed by atoms with E-state index in [2.05, 4.69) is 29.5 Å². The van der Waals surface area contributed by atoms with Crippen LogP contribution in [0.15, 0.2) is 6.20 Å². The molecule has 1 aliphatic carbocycles. The minimum atomic E-state index is 0.402. The summed E-state index contributed by atoms with van der Waals surface area (Å²) >= 11 is 0. The molecule has 0 spiro atoms. The van der Waals surface area contributed by atoms with Crippen LogP contribution >= 0.6 is 0 Å². The van der Waals surface area contributed by atoms with Gasteiger partial charge in [-0.1, -0.05) is 20.3 Å². The predicted molar refractivity (Wildman–Crippen MR) is 82.9 cm³/mol. The fourth-order valence-electron chi connectivity index (χ4n) is 3.97. The molecule has 112 valence electrons. The number of aromatic nitrogens is 2. The Balaban J connectivity index is 1.81. The highest BCUT2D eigenvalue weighted by molar-refractivity contribution is 5.36. The fraction of sp³-hybridized carbons (Fsp3) is 0.812. The molecule has 1 aliphatic heterocycles. The maximum Gasteiger partial charge on any atom is 0.205 e. The van der Waals surface area contributed by atoms with Crippen molar-refractivity contribution in [1.29, 1.82) is 0 Å². The highest BCUT2D eigenvalue weighted by atomic mass is 15.3. The van der Waals surface area contributed by atoms with Crippen molar-refractivity contribution < 1.29 is 0 Å². The molecule has 3 atom stereocenters. The molecule has 3 unspecified atom stereocenters. The zero-order valence-corrected chi connectivity index (χ0v) is 12.9. The fourth-order valence-corrected chi connectivity index (χ4v) is 3.97. The molecule has 0 radical (unpaired) electrons. The molecule has 0 amide bonds. The van der Waals surface area contributed by atoms with E-state index in [0.29, 0.717) is 12.0 Å². The monoisotopic (exact) mass is 276 g/mol. The van der Waals surface area contributed by atoms with Gasteiger partial charge in [0.1, 0.15) is 0 Å². The zero-order valence-electron chi connectivity index (χ0n) is 12.9. The standard InChI is InChI=1S/C16H28N4/c1-3-8-19-10-13(4-2)18-16(19)20-9-12-6-5-7-15(17)14(12)11-20/h10,12,14-15H,3-9,11,17H2,1-2H3. The molecule has 0 aromatic carbocycles. The Morgan fingerprint density at radius 2 is 2.15 bits per heavy atom. The van der Waals surface area contributed by atoms with E-state index in [9.17, 15) is 0 Å². The normalized spacial score (nSPS) is 29.8. The van der Waals surface area contributed by atoms with Crippen LogP contribution in [-0.2, 0) is 13.0 Å². The predicted octanol–water partition coefficient (Wildman–Crippen LogP) is 2.42. The van der Waals surface area contributed by atoms with Crippen LogP contribution in [-0.4, -0.2) is 28.7 Å². The van der Waals surface area contributed by atoms with Gasteiger partial charge in [0.2, 0.25) is 5.95 Å². The highest BCUT2D eigenvalue weighted by Crippen LogP contribution is 2.37. The molecular formula is C16H28N4. The number of hydrogen-bond donors (Lipinski definition) is 1. The Kier molecular flexibility index (Phi) is 4.01. The molecule has 2 fully saturated rings. The van der Waals surface area contributed by atoms with E-state index in [1.54, 1.807) is 0 Å². The molecule has 0 bridgehead atoms. The van der Waals surface area contributed by atoms with E-state index in [-0.39, 0.29) is 0 Å². The average molecular weight is 276 g/mol. The number of anilines is 1. The van der Waals surface area contributed by atoms with Crippen molar-refractivity contribution >= 4 is 5.95 Å². The Labute approximate surface area is 122 Å². The summed E-state index contributed by atoms with van der Waals surface area (Å²) in [6.45, 7) is 7.75. The second-order valence-electron chi connectivity index (χ2n) is 6.50. The average Bonchev–Trinajstić information content (AvgIpc) is 3.03. The number of hydrogen-bond acceptors (Lipinski definition) is 3. The molecule has 1 aromatic heterocycles. The summed E-state index contributed by atoms with van der Waals surface area (Å²) < 4.78 is 2.35. The quantitative estimate of drug-likeness (QED) is 0.918. The highest BCUT2D eigenvalue weighted by Gasteiger charge is 2.39. The molecule has 4 heteroatoms. The van der Waals surface area contributed by atoms with Crippen LogP contribution in [0.3, 0.4) is 0 Å². The lowest BCUT2D eigenvalue weighted by atomic mass is 9.78. The van der Waals surface area contributed by atoms with Crippen LogP contribution in [0, 0.1) is 11.8 Å². The first kappa shape index (κ1) is 13.9. The number of imidazole rings is 1. The maximum absolute atomic E-state index is 6.33. The summed E-state index contributed by atoms with van der Waals surface area (Å²) in [5.74, 6) is 2.65. The summed E-state index contributed by atoms with van der Waals surface area (Å²) in [4.78, 5) is 7.36. The third kappa shape index (κ3) is 2.46. The number of nitrogens with zero attached hydrogens (tertiary/aromatic N) is 3. The van der Waals surface area contributed by atoms with E-state index in [4.69, 9.17) is 10.7 Å². The van der Waals surface area contributed by atoms with Crippen molar-refractivity contribution in [3.63, 3.8) is 0 Å². The number of fused-ring (bicyclic) bond motifs is 1. The first-order valence-corrected chi connectivity index (χ1v) is 8.29. The molecule has 3 rings (SSSR count). The summed E-state index contributed by atoms with van der Waals surface area (Å²) in [5, 5.41) is 0. The molecular weight excluding hydrogens is 248 g/mol. The molecule has 20 heavy (non-hydrogen) atoms. The maximum atomic E-state index is 6.33. The Hall–Kier alpha value is -1.03. The first-order valence-electron chi connectivity index (χ1n) is 8.29. The molecule has 1 saturated carbocycles. The van der Waals surface area contributed by atoms with Crippen LogP contribution in [0.4, 0.5) is 5.95 Å². The lowest BCUT2D eigenvalue weighted by Gasteiger charge is -2.29. The minimum absolute atomic E-state index is 0.402. The second kappa shape index (κ2) is 5.76. The Morgan fingerprint density at radius 3 is 2.85 bits per heavy atom. The van der Waals surface area contributed by atoms with Gasteiger partial charge >= 0.3 is 0 Å². The van der Waals surface area contributed by atoms with Gasteiger partial charge in [-0.2, -0.15) is 0 Å². The van der Waals surface area contributed by atoms with Crippen LogP contribution in [0.25, 0.3) is 0 Å². The number of nitrogens with two attached hydrogens (primary N) is 1. The van der Waals surface area contributed by atoms with Gasteiger partial charge in [-0.05, 0) is 37.5 Å². The van der Waals surface area contributed by atoms with Gasteiger partial charge in [-0.25, -0.2) is 4.98 Å². The molecule has 2 aliphatic rings. The minimum Gasteiger partial charge on any atom is -0.342 e. The van der Waals surface area contributed by atoms with Crippen molar-refractivity contribution in [3.05, 3.63) is 11.9 Å². The summed E-state index contributed by atoms with van der Waals surface area (Å²) in [6.07, 6.45) is 8.28. The SMILES string of the molecule is CCCn1cc(CC)nc1N1CC2CCCC(N)C2C1. The van der Waals surface area contributed by atoms with Crippen LogP contribution in [0.5, 0.6) is 0 Å². The summed E-state index contributed by atoms with van der Waals surface area (Å²) in [5.41, 5.74) is 7.55. The van der Waals surface area contributed by atoms with Crippen molar-refractivity contribution in [2.75, 3.05) is 18.0 Å². The molecule has 2 heterocycles. The van der Waals surface area contributed by atoms with Gasteiger partial charge in [0.05, 0.1) is 5.69 Å². The van der Waals surface area contributed by atoms with E-state index < -0.39 is 0 Å². The van der Waals surface area contributed by atoms with Gasteiger partial charge in [0.25, 0.3) is 0 Å². The molecule has 4 nitrogen and oxygen atoms in total. The lowest BCUT2D eigenvalue weighted by molar-refractivity contribution is 0.260. The van der Waals surface area contributed by atoms with E-state index in [1.165, 1.54) is 30.9 Å². The third-order valence-electron chi connectivity index (χ3n) is 5.07. The Morgan fingerprint density at radius 1 is 1.30 bits per heavy atom. The van der Waals surface area contributed by atoms with E-state index in [0.717, 1.165) is 38.4 Å². The second-order valence-corrected chi connectivity index (χ2v) is 6.50. The third-order valence-corrected chi connectivity index (χ3v) is 5.07. The van der Waals surface area contributed by atoms with Gasteiger partial charge in [0, 0.05) is 31.9 Å².